The Morgan fingerprint density at radius 2 is 1.57 bits per heavy atom. The van der Waals surface area contributed by atoms with Gasteiger partial charge in [0.2, 0.25) is 5.88 Å². The molecule has 0 aliphatic carbocycles. The van der Waals surface area contributed by atoms with Gasteiger partial charge in [0.25, 0.3) is 11.8 Å². The Morgan fingerprint density at radius 3 is 2.17 bits per heavy atom. The number of fused-ring (bicyclic) bond motifs is 1. The van der Waals surface area contributed by atoms with E-state index in [2.05, 4.69) is 4.98 Å². The summed E-state index contributed by atoms with van der Waals surface area (Å²) >= 11 is 0. The van der Waals surface area contributed by atoms with Gasteiger partial charge in [-0.1, -0.05) is 12.1 Å². The average molecular weight is 419 g/mol. The van der Waals surface area contributed by atoms with Crippen molar-refractivity contribution in [1.82, 2.24) is 9.88 Å². The minimum absolute atomic E-state index is 0.00920. The number of pyridine rings is 1. The van der Waals surface area contributed by atoms with Crippen LogP contribution in [-0.2, 0) is 6.54 Å². The number of nitrogens with zero attached hydrogens (tertiary/aromatic N) is 3. The molecule has 2 amide bonds. The van der Waals surface area contributed by atoms with Crippen molar-refractivity contribution < 1.29 is 27.5 Å². The summed E-state index contributed by atoms with van der Waals surface area (Å²) in [5, 5.41) is 0. The molecule has 1 aromatic heterocycles. The molecule has 0 bridgehead atoms. The molecule has 0 N–H and O–H groups in total. The Labute approximate surface area is 171 Å². The lowest BCUT2D eigenvalue weighted by molar-refractivity contribution is -0.154. The topological polar surface area (TPSA) is 62.7 Å². The number of piperidine rings is 1. The van der Waals surface area contributed by atoms with Crippen molar-refractivity contribution in [1.29, 1.82) is 0 Å². The molecule has 6 nitrogen and oxygen atoms in total. The first-order valence-electron chi connectivity index (χ1n) is 9.73. The van der Waals surface area contributed by atoms with Crippen LogP contribution < -0.4 is 9.64 Å². The van der Waals surface area contributed by atoms with Gasteiger partial charge in [0.15, 0.2) is 6.61 Å². The number of aromatic nitrogens is 1. The van der Waals surface area contributed by atoms with E-state index in [-0.39, 0.29) is 12.4 Å². The van der Waals surface area contributed by atoms with Crippen molar-refractivity contribution in [2.75, 3.05) is 24.6 Å². The van der Waals surface area contributed by atoms with E-state index in [9.17, 15) is 22.8 Å². The van der Waals surface area contributed by atoms with Crippen molar-refractivity contribution >= 4 is 17.6 Å². The Hall–Kier alpha value is -3.10. The number of benzene rings is 1. The molecule has 2 aliphatic heterocycles. The van der Waals surface area contributed by atoms with Gasteiger partial charge in [-0.05, 0) is 37.5 Å². The summed E-state index contributed by atoms with van der Waals surface area (Å²) in [7, 11) is 0. The van der Waals surface area contributed by atoms with E-state index in [0.29, 0.717) is 35.6 Å². The van der Waals surface area contributed by atoms with Gasteiger partial charge in [-0.3, -0.25) is 14.5 Å². The second kappa shape index (κ2) is 7.97. The van der Waals surface area contributed by atoms with Gasteiger partial charge >= 0.3 is 6.18 Å². The smallest absolute Gasteiger partial charge is 0.422 e. The van der Waals surface area contributed by atoms with Gasteiger partial charge in [-0.15, -0.1) is 0 Å². The first-order valence-corrected chi connectivity index (χ1v) is 9.73. The molecule has 1 saturated heterocycles. The van der Waals surface area contributed by atoms with E-state index in [0.717, 1.165) is 24.2 Å². The number of imide groups is 1. The maximum Gasteiger partial charge on any atom is 0.422 e. The van der Waals surface area contributed by atoms with Gasteiger partial charge < -0.3 is 9.64 Å². The lowest BCUT2D eigenvalue weighted by atomic mass is 10.1. The molecule has 1 aromatic carbocycles. The zero-order chi connectivity index (χ0) is 21.3. The highest BCUT2D eigenvalue weighted by Crippen LogP contribution is 2.30. The third-order valence-corrected chi connectivity index (χ3v) is 5.18. The predicted octanol–water partition coefficient (Wildman–Crippen LogP) is 3.81. The Morgan fingerprint density at radius 1 is 0.933 bits per heavy atom. The van der Waals surface area contributed by atoms with Crippen LogP contribution in [0.25, 0.3) is 0 Å². The molecule has 0 unspecified atom stereocenters. The van der Waals surface area contributed by atoms with Crippen LogP contribution in [0.2, 0.25) is 0 Å². The third-order valence-electron chi connectivity index (χ3n) is 5.18. The normalized spacial score (nSPS) is 16.8. The van der Waals surface area contributed by atoms with Gasteiger partial charge in [0, 0.05) is 24.7 Å². The highest BCUT2D eigenvalue weighted by molar-refractivity contribution is 6.21. The molecule has 9 heteroatoms. The van der Waals surface area contributed by atoms with E-state index >= 15 is 0 Å². The monoisotopic (exact) mass is 419 g/mol. The van der Waals surface area contributed by atoms with Crippen LogP contribution in [0.4, 0.5) is 19.0 Å². The number of carbonyl (C=O) groups is 2. The Bertz CT molecular complexity index is 936. The molecule has 30 heavy (non-hydrogen) atoms. The number of anilines is 1. The second-order valence-electron chi connectivity index (χ2n) is 7.33. The molecule has 4 rings (SSSR count). The SMILES string of the molecule is O=C1c2ccccc2C(=O)N1Cc1ccc(OCC(F)(F)F)nc1N1CCCCC1. The van der Waals surface area contributed by atoms with Crippen molar-refractivity contribution in [3.63, 3.8) is 0 Å². The molecular weight excluding hydrogens is 399 g/mol. The van der Waals surface area contributed by atoms with Crippen LogP contribution in [0, 0.1) is 0 Å². The van der Waals surface area contributed by atoms with Gasteiger partial charge in [-0.2, -0.15) is 18.2 Å². The molecule has 3 heterocycles. The van der Waals surface area contributed by atoms with Crippen LogP contribution in [0.5, 0.6) is 5.88 Å². The first kappa shape index (κ1) is 20.2. The molecule has 0 atom stereocenters. The summed E-state index contributed by atoms with van der Waals surface area (Å²) in [6, 6.07) is 9.52. The largest absolute Gasteiger partial charge is 0.468 e. The number of hydrogen-bond donors (Lipinski definition) is 0. The fraction of sp³-hybridized carbons (Fsp3) is 0.381. The van der Waals surface area contributed by atoms with E-state index in [1.165, 1.54) is 6.07 Å². The van der Waals surface area contributed by atoms with Crippen molar-refractivity contribution in [2.45, 2.75) is 32.0 Å². The summed E-state index contributed by atoms with van der Waals surface area (Å²) in [5.74, 6) is -0.472. The van der Waals surface area contributed by atoms with Crippen LogP contribution in [0.3, 0.4) is 0 Å². The van der Waals surface area contributed by atoms with Crippen LogP contribution in [-0.4, -0.2) is 47.6 Å². The maximum absolute atomic E-state index is 12.7. The van der Waals surface area contributed by atoms with Crippen molar-refractivity contribution in [3.05, 3.63) is 53.1 Å². The van der Waals surface area contributed by atoms with Gasteiger partial charge in [0.05, 0.1) is 17.7 Å². The van der Waals surface area contributed by atoms with Crippen molar-refractivity contribution in [2.24, 2.45) is 0 Å². The number of carbonyl (C=O) groups excluding carboxylic acids is 2. The molecule has 1 fully saturated rings. The minimum atomic E-state index is -4.47. The Balaban J connectivity index is 1.62. The number of alkyl halides is 3. The number of ether oxygens (including phenoxy) is 1. The minimum Gasteiger partial charge on any atom is -0.468 e. The lowest BCUT2D eigenvalue weighted by Crippen LogP contribution is -2.34. The summed E-state index contributed by atoms with van der Waals surface area (Å²) in [4.78, 5) is 32.8. The zero-order valence-electron chi connectivity index (χ0n) is 16.1. The van der Waals surface area contributed by atoms with Crippen molar-refractivity contribution in [3.8, 4) is 5.88 Å². The second-order valence-corrected chi connectivity index (χ2v) is 7.33. The number of halogens is 3. The maximum atomic E-state index is 12.7. The zero-order valence-corrected chi connectivity index (χ0v) is 16.1. The highest BCUT2D eigenvalue weighted by Gasteiger charge is 2.36. The molecule has 0 saturated carbocycles. The van der Waals surface area contributed by atoms with E-state index < -0.39 is 24.6 Å². The summed E-state index contributed by atoms with van der Waals surface area (Å²) in [6.45, 7) is -0.0440. The number of amides is 2. The van der Waals surface area contributed by atoms with E-state index in [4.69, 9.17) is 4.74 Å². The quantitative estimate of drug-likeness (QED) is 0.690. The highest BCUT2D eigenvalue weighted by atomic mass is 19.4. The summed E-state index contributed by atoms with van der Waals surface area (Å²) in [5.41, 5.74) is 1.28. The fourth-order valence-corrected chi connectivity index (χ4v) is 3.75. The molecule has 0 radical (unpaired) electrons. The van der Waals surface area contributed by atoms with Crippen LogP contribution in [0.15, 0.2) is 36.4 Å². The molecule has 158 valence electrons. The summed E-state index contributed by atoms with van der Waals surface area (Å²) in [6.07, 6.45) is -1.54. The molecule has 2 aliphatic rings. The first-order chi connectivity index (χ1) is 14.3. The molecule has 0 spiro atoms. The van der Waals surface area contributed by atoms with E-state index in [1.54, 1.807) is 30.3 Å². The van der Waals surface area contributed by atoms with Gasteiger partial charge in [0.1, 0.15) is 5.82 Å². The fourth-order valence-electron chi connectivity index (χ4n) is 3.75. The van der Waals surface area contributed by atoms with E-state index in [1.807, 2.05) is 4.90 Å². The van der Waals surface area contributed by atoms with Gasteiger partial charge in [-0.25, -0.2) is 0 Å². The number of hydrogen-bond acceptors (Lipinski definition) is 5. The Kier molecular flexibility index (Phi) is 5.36. The molecule has 2 aromatic rings. The number of rotatable bonds is 5. The lowest BCUT2D eigenvalue weighted by Gasteiger charge is -2.30. The standard InChI is InChI=1S/C21H20F3N3O3/c22-21(23,24)13-30-17-9-8-14(18(25-17)26-10-4-1-5-11-26)12-27-19(28)15-6-2-3-7-16(15)20(27)29/h2-3,6-9H,1,4-5,10-13H2. The van der Waals surface area contributed by atoms with Crippen LogP contribution in [0.1, 0.15) is 45.5 Å². The predicted molar refractivity (Wildman–Crippen MR) is 102 cm³/mol. The van der Waals surface area contributed by atoms with Crippen LogP contribution >= 0.6 is 0 Å². The summed E-state index contributed by atoms with van der Waals surface area (Å²) < 4.78 is 42.4. The molecular formula is C21H20F3N3O3. The average Bonchev–Trinajstić information content (AvgIpc) is 2.98. The third kappa shape index (κ3) is 4.10.